The van der Waals surface area contributed by atoms with Crippen molar-refractivity contribution in [1.82, 2.24) is 0 Å². The Morgan fingerprint density at radius 2 is 0.804 bits per heavy atom. The Balaban J connectivity index is 1.28. The summed E-state index contributed by atoms with van der Waals surface area (Å²) in [6, 6.07) is 40.9. The molecule has 0 bridgehead atoms. The summed E-state index contributed by atoms with van der Waals surface area (Å²) >= 11 is 0. The second-order valence-corrected chi connectivity index (χ2v) is 11.5. The van der Waals surface area contributed by atoms with Gasteiger partial charge in [-0.15, -0.1) is 0 Å². The van der Waals surface area contributed by atoms with Crippen LogP contribution in [-0.4, -0.2) is 23.4 Å². The van der Waals surface area contributed by atoms with Crippen molar-refractivity contribution in [2.45, 2.75) is 12.8 Å². The van der Waals surface area contributed by atoms with Crippen molar-refractivity contribution in [2.24, 2.45) is 0 Å². The lowest BCUT2D eigenvalue weighted by Crippen LogP contribution is -2.37. The largest absolute Gasteiger partial charge is 0.287 e. The maximum absolute atomic E-state index is 14.4. The van der Waals surface area contributed by atoms with Crippen LogP contribution >= 0.6 is 0 Å². The number of anilines is 2. The first-order chi connectivity index (χ1) is 22.5. The van der Waals surface area contributed by atoms with E-state index in [0.717, 1.165) is 32.7 Å². The fourth-order valence-electron chi connectivity index (χ4n) is 6.74. The molecule has 6 aromatic carbocycles. The highest BCUT2D eigenvalue weighted by Gasteiger charge is 2.46. The average molecular weight is 599 g/mol. The number of carbonyl (C=O) groups excluding carboxylic acids is 4. The average Bonchev–Trinajstić information content (AvgIpc) is 3.55. The Labute approximate surface area is 264 Å². The molecule has 0 N–H and O–H groups in total. The standard InChI is InChI=1S/C40H26N2O4/c43-35(23-27-15-9-13-25-11-1-3-17-29(25)27)41-33-21-7-5-19-31(33)39(45)37(41)38-40(46)32-20-6-8-22-34(32)42(38)36(44)24-28-16-10-14-26-12-2-4-18-30(26)28/h1-22H,23-24H2. The van der Waals surface area contributed by atoms with E-state index >= 15 is 0 Å². The van der Waals surface area contributed by atoms with Gasteiger partial charge in [-0.3, -0.25) is 29.0 Å². The third-order valence-corrected chi connectivity index (χ3v) is 8.82. The zero-order valence-corrected chi connectivity index (χ0v) is 24.6. The van der Waals surface area contributed by atoms with Crippen molar-refractivity contribution < 1.29 is 19.2 Å². The number of ketones is 2. The molecule has 2 amide bonds. The molecule has 6 aromatic rings. The molecule has 2 heterocycles. The highest BCUT2D eigenvalue weighted by Crippen LogP contribution is 2.43. The van der Waals surface area contributed by atoms with Crippen LogP contribution in [0.15, 0.2) is 145 Å². The molecule has 46 heavy (non-hydrogen) atoms. The minimum absolute atomic E-state index is 0.00909. The summed E-state index contributed by atoms with van der Waals surface area (Å²) < 4.78 is 0. The van der Waals surface area contributed by atoms with Crippen molar-refractivity contribution in [3.63, 3.8) is 0 Å². The molecule has 8 rings (SSSR count). The maximum Gasteiger partial charge on any atom is 0.236 e. The molecule has 0 fully saturated rings. The number of benzene rings is 6. The minimum atomic E-state index is -0.471. The van der Waals surface area contributed by atoms with E-state index in [1.54, 1.807) is 48.5 Å². The van der Waals surface area contributed by atoms with Gasteiger partial charge in [-0.1, -0.05) is 109 Å². The molecule has 2 aliphatic rings. The zero-order chi connectivity index (χ0) is 31.4. The first-order valence-corrected chi connectivity index (χ1v) is 15.1. The molecule has 6 nitrogen and oxygen atoms in total. The Bertz CT molecular complexity index is 2150. The van der Waals surface area contributed by atoms with E-state index in [-0.39, 0.29) is 36.1 Å². The SMILES string of the molecule is O=C1C(=C2C(=O)c3ccccc3N2C(=O)Cc2cccc3ccccc23)N(C(=O)Cc2cccc3ccccc23)c2ccccc21. The van der Waals surface area contributed by atoms with Gasteiger partial charge in [0.25, 0.3) is 0 Å². The Morgan fingerprint density at radius 3 is 1.26 bits per heavy atom. The summed E-state index contributed by atoms with van der Waals surface area (Å²) in [7, 11) is 0. The predicted molar refractivity (Wildman–Crippen MR) is 179 cm³/mol. The van der Waals surface area contributed by atoms with Gasteiger partial charge in [0, 0.05) is 11.1 Å². The fourth-order valence-corrected chi connectivity index (χ4v) is 6.74. The maximum atomic E-state index is 14.4. The van der Waals surface area contributed by atoms with Crippen LogP contribution < -0.4 is 9.80 Å². The molecule has 0 radical (unpaired) electrons. The Kier molecular flexibility index (Phi) is 6.43. The second-order valence-electron chi connectivity index (χ2n) is 11.5. The molecule has 220 valence electrons. The second kappa shape index (κ2) is 10.8. The van der Waals surface area contributed by atoms with E-state index in [4.69, 9.17) is 0 Å². The summed E-state index contributed by atoms with van der Waals surface area (Å²) in [5.41, 5.74) is 2.81. The molecule has 0 aliphatic carbocycles. The van der Waals surface area contributed by atoms with E-state index < -0.39 is 11.6 Å². The van der Waals surface area contributed by atoms with Crippen LogP contribution in [0.2, 0.25) is 0 Å². The summed E-state index contributed by atoms with van der Waals surface area (Å²) in [6.45, 7) is 0. The van der Waals surface area contributed by atoms with Crippen LogP contribution in [-0.2, 0) is 22.4 Å². The van der Waals surface area contributed by atoms with Crippen molar-refractivity contribution in [3.05, 3.63) is 167 Å². The van der Waals surface area contributed by atoms with Crippen LogP contribution in [0.3, 0.4) is 0 Å². The van der Waals surface area contributed by atoms with E-state index in [9.17, 15) is 19.2 Å². The zero-order valence-electron chi connectivity index (χ0n) is 24.6. The molecule has 0 atom stereocenters. The lowest BCUT2D eigenvalue weighted by molar-refractivity contribution is -0.118. The van der Waals surface area contributed by atoms with Gasteiger partial charge in [-0.25, -0.2) is 0 Å². The van der Waals surface area contributed by atoms with Gasteiger partial charge in [-0.05, 0) is 56.9 Å². The van der Waals surface area contributed by atoms with Gasteiger partial charge in [0.05, 0.1) is 24.2 Å². The minimum Gasteiger partial charge on any atom is -0.287 e. The molecule has 0 unspecified atom stereocenters. The molecular formula is C40H26N2O4. The number of fused-ring (bicyclic) bond motifs is 4. The van der Waals surface area contributed by atoms with Gasteiger partial charge >= 0.3 is 0 Å². The van der Waals surface area contributed by atoms with Crippen molar-refractivity contribution >= 4 is 56.3 Å². The van der Waals surface area contributed by atoms with Crippen LogP contribution in [0.25, 0.3) is 21.5 Å². The fraction of sp³-hybridized carbons (Fsp3) is 0.0500. The van der Waals surface area contributed by atoms with Crippen LogP contribution in [0.5, 0.6) is 0 Å². The van der Waals surface area contributed by atoms with E-state index in [2.05, 4.69) is 0 Å². The summed E-state index contributed by atoms with van der Waals surface area (Å²) in [6.07, 6.45) is -0.0182. The number of para-hydroxylation sites is 2. The first-order valence-electron chi connectivity index (χ1n) is 15.1. The van der Waals surface area contributed by atoms with Gasteiger partial charge in [0.1, 0.15) is 11.4 Å². The molecule has 0 spiro atoms. The van der Waals surface area contributed by atoms with E-state index in [1.807, 2.05) is 84.9 Å². The van der Waals surface area contributed by atoms with Gasteiger partial charge in [-0.2, -0.15) is 0 Å². The molecule has 0 saturated carbocycles. The first kappa shape index (κ1) is 27.4. The predicted octanol–water partition coefficient (Wildman–Crippen LogP) is 7.45. The normalized spacial score (nSPS) is 15.5. The summed E-state index contributed by atoms with van der Waals surface area (Å²) in [5, 5.41) is 3.86. The van der Waals surface area contributed by atoms with E-state index in [1.165, 1.54) is 9.80 Å². The third kappa shape index (κ3) is 4.26. The van der Waals surface area contributed by atoms with Crippen LogP contribution in [0.4, 0.5) is 11.4 Å². The van der Waals surface area contributed by atoms with E-state index in [0.29, 0.717) is 22.5 Å². The molecular weight excluding hydrogens is 572 g/mol. The van der Waals surface area contributed by atoms with Crippen molar-refractivity contribution in [3.8, 4) is 0 Å². The van der Waals surface area contributed by atoms with Crippen molar-refractivity contribution in [1.29, 1.82) is 0 Å². The molecule has 2 aliphatic heterocycles. The number of rotatable bonds is 4. The number of hydrogen-bond acceptors (Lipinski definition) is 4. The topological polar surface area (TPSA) is 74.8 Å². The number of Topliss-reactive ketones (excluding diaryl/α,β-unsaturated/α-hetero) is 2. The van der Waals surface area contributed by atoms with Gasteiger partial charge < -0.3 is 0 Å². The lowest BCUT2D eigenvalue weighted by Gasteiger charge is -2.25. The van der Waals surface area contributed by atoms with Gasteiger partial charge in [0.2, 0.25) is 23.4 Å². The Morgan fingerprint density at radius 1 is 0.435 bits per heavy atom. The van der Waals surface area contributed by atoms with Crippen LogP contribution in [0.1, 0.15) is 31.8 Å². The molecule has 0 saturated heterocycles. The number of nitrogens with zero attached hydrogens (tertiary/aromatic N) is 2. The summed E-state index contributed by atoms with van der Waals surface area (Å²) in [4.78, 5) is 59.8. The van der Waals surface area contributed by atoms with Crippen LogP contribution in [0, 0.1) is 0 Å². The number of hydrogen-bond donors (Lipinski definition) is 0. The quantitative estimate of drug-likeness (QED) is 0.198. The highest BCUT2D eigenvalue weighted by atomic mass is 16.2. The third-order valence-electron chi connectivity index (χ3n) is 8.82. The molecule has 0 aromatic heterocycles. The highest BCUT2D eigenvalue weighted by molar-refractivity contribution is 6.34. The number of carbonyl (C=O) groups is 4. The Hall–Kier alpha value is -6.14. The smallest absolute Gasteiger partial charge is 0.236 e. The lowest BCUT2D eigenvalue weighted by atomic mass is 10.0. The molecule has 6 heteroatoms. The summed E-state index contributed by atoms with van der Waals surface area (Å²) in [5.74, 6) is -1.69. The number of amides is 2. The van der Waals surface area contributed by atoms with Crippen molar-refractivity contribution in [2.75, 3.05) is 9.80 Å². The monoisotopic (exact) mass is 598 g/mol. The number of allylic oxidation sites excluding steroid dienone is 2. The van der Waals surface area contributed by atoms with Gasteiger partial charge in [0.15, 0.2) is 0 Å².